The number of guanidine groups is 1. The van der Waals surface area contributed by atoms with E-state index in [-0.39, 0.29) is 24.0 Å². The molecular weight excluding hydrogens is 341 g/mol. The molecular formula is C13H20IN3O. The minimum absolute atomic E-state index is 0. The first kappa shape index (κ1) is 15.1. The van der Waals surface area contributed by atoms with Gasteiger partial charge in [-0.05, 0) is 25.5 Å². The van der Waals surface area contributed by atoms with Crippen LogP contribution in [0.25, 0.3) is 0 Å². The van der Waals surface area contributed by atoms with Crippen molar-refractivity contribution in [1.82, 2.24) is 10.6 Å². The van der Waals surface area contributed by atoms with Crippen molar-refractivity contribution in [3.05, 3.63) is 29.8 Å². The van der Waals surface area contributed by atoms with E-state index in [1.807, 2.05) is 12.1 Å². The maximum atomic E-state index is 5.61. The summed E-state index contributed by atoms with van der Waals surface area (Å²) in [6, 6.07) is 8.09. The van der Waals surface area contributed by atoms with Crippen LogP contribution >= 0.6 is 24.0 Å². The molecule has 0 fully saturated rings. The van der Waals surface area contributed by atoms with E-state index in [4.69, 9.17) is 4.74 Å². The summed E-state index contributed by atoms with van der Waals surface area (Å²) in [5.41, 5.74) is 1.25. The van der Waals surface area contributed by atoms with Crippen LogP contribution in [-0.2, 0) is 0 Å². The highest BCUT2D eigenvalue weighted by atomic mass is 127. The molecule has 1 heterocycles. The number of ether oxygens (including phenoxy) is 1. The van der Waals surface area contributed by atoms with Gasteiger partial charge in [0.05, 0.1) is 6.54 Å². The zero-order valence-electron chi connectivity index (χ0n) is 10.6. The van der Waals surface area contributed by atoms with Crippen LogP contribution in [0.4, 0.5) is 0 Å². The fourth-order valence-corrected chi connectivity index (χ4v) is 1.62. The number of benzene rings is 1. The molecule has 18 heavy (non-hydrogen) atoms. The van der Waals surface area contributed by atoms with E-state index in [0.29, 0.717) is 6.61 Å². The van der Waals surface area contributed by atoms with Crippen LogP contribution in [0.3, 0.4) is 0 Å². The molecule has 0 saturated heterocycles. The smallest absolute Gasteiger partial charge is 0.191 e. The Kier molecular flexibility index (Phi) is 6.85. The molecule has 1 aliphatic heterocycles. The molecule has 0 aromatic heterocycles. The van der Waals surface area contributed by atoms with Gasteiger partial charge in [0.2, 0.25) is 0 Å². The summed E-state index contributed by atoms with van der Waals surface area (Å²) in [7, 11) is 0. The summed E-state index contributed by atoms with van der Waals surface area (Å²) in [4.78, 5) is 4.32. The summed E-state index contributed by atoms with van der Waals surface area (Å²) < 4.78 is 5.61. The van der Waals surface area contributed by atoms with Crippen molar-refractivity contribution in [3.63, 3.8) is 0 Å². The average Bonchev–Trinajstić information content (AvgIpc) is 2.38. The van der Waals surface area contributed by atoms with Crippen molar-refractivity contribution in [2.24, 2.45) is 4.99 Å². The molecule has 1 aliphatic rings. The molecule has 0 atom stereocenters. The number of nitrogens with one attached hydrogen (secondary N) is 2. The van der Waals surface area contributed by atoms with Gasteiger partial charge in [-0.2, -0.15) is 0 Å². The summed E-state index contributed by atoms with van der Waals surface area (Å²) in [5, 5.41) is 6.43. The maximum Gasteiger partial charge on any atom is 0.191 e. The van der Waals surface area contributed by atoms with Crippen molar-refractivity contribution in [2.45, 2.75) is 13.3 Å². The number of nitrogens with zero attached hydrogens (tertiary/aromatic N) is 1. The topological polar surface area (TPSA) is 45.6 Å². The standard InChI is InChI=1S/C13H19N3O.HI/c1-11-3-5-12(6-4-11)17-10-9-16-13-14-7-2-8-15-13;/h3-6H,2,7-10H2,1H3,(H2,14,15,16);1H. The third kappa shape index (κ3) is 5.12. The summed E-state index contributed by atoms with van der Waals surface area (Å²) in [6.07, 6.45) is 1.12. The molecule has 0 saturated carbocycles. The molecule has 2 N–H and O–H groups in total. The van der Waals surface area contributed by atoms with Gasteiger partial charge in [-0.3, -0.25) is 4.99 Å². The van der Waals surface area contributed by atoms with E-state index < -0.39 is 0 Å². The molecule has 0 amide bonds. The highest BCUT2D eigenvalue weighted by Gasteiger charge is 2.02. The van der Waals surface area contributed by atoms with Gasteiger partial charge in [-0.1, -0.05) is 17.7 Å². The predicted octanol–water partition coefficient (Wildman–Crippen LogP) is 1.93. The minimum Gasteiger partial charge on any atom is -0.492 e. The van der Waals surface area contributed by atoms with Crippen LogP contribution in [0.5, 0.6) is 5.75 Å². The second-order valence-electron chi connectivity index (χ2n) is 4.10. The van der Waals surface area contributed by atoms with Crippen LogP contribution in [0.2, 0.25) is 0 Å². The van der Waals surface area contributed by atoms with Gasteiger partial charge in [0.25, 0.3) is 0 Å². The van der Waals surface area contributed by atoms with Gasteiger partial charge in [0.1, 0.15) is 12.4 Å². The number of halogens is 1. The fraction of sp³-hybridized carbons (Fsp3) is 0.462. The van der Waals surface area contributed by atoms with Gasteiger partial charge in [0.15, 0.2) is 5.96 Å². The van der Waals surface area contributed by atoms with E-state index in [2.05, 4.69) is 34.7 Å². The van der Waals surface area contributed by atoms with Crippen molar-refractivity contribution in [3.8, 4) is 5.75 Å². The lowest BCUT2D eigenvalue weighted by Gasteiger charge is -2.16. The lowest BCUT2D eigenvalue weighted by molar-refractivity contribution is 0.321. The first-order valence-corrected chi connectivity index (χ1v) is 6.06. The molecule has 2 rings (SSSR count). The Labute approximate surface area is 125 Å². The van der Waals surface area contributed by atoms with E-state index in [0.717, 1.165) is 37.8 Å². The minimum atomic E-state index is 0. The zero-order valence-corrected chi connectivity index (χ0v) is 12.9. The van der Waals surface area contributed by atoms with Gasteiger partial charge in [-0.15, -0.1) is 24.0 Å². The molecule has 5 heteroatoms. The van der Waals surface area contributed by atoms with Gasteiger partial charge < -0.3 is 15.4 Å². The van der Waals surface area contributed by atoms with Crippen LogP contribution < -0.4 is 15.4 Å². The second-order valence-corrected chi connectivity index (χ2v) is 4.10. The Balaban J connectivity index is 0.00000162. The van der Waals surface area contributed by atoms with Crippen LogP contribution in [0.1, 0.15) is 12.0 Å². The Morgan fingerprint density at radius 1 is 1.33 bits per heavy atom. The summed E-state index contributed by atoms with van der Waals surface area (Å²) >= 11 is 0. The molecule has 0 bridgehead atoms. The monoisotopic (exact) mass is 361 g/mol. The van der Waals surface area contributed by atoms with Crippen molar-refractivity contribution < 1.29 is 4.74 Å². The SMILES string of the molecule is Cc1ccc(OCCNC2=NCCCN2)cc1.I. The predicted molar refractivity (Wildman–Crippen MR) is 85.0 cm³/mol. The van der Waals surface area contributed by atoms with E-state index >= 15 is 0 Å². The number of rotatable bonds is 4. The zero-order chi connectivity index (χ0) is 11.9. The molecule has 4 nitrogen and oxygen atoms in total. The lowest BCUT2D eigenvalue weighted by Crippen LogP contribution is -2.42. The quantitative estimate of drug-likeness (QED) is 0.637. The van der Waals surface area contributed by atoms with Crippen LogP contribution in [0.15, 0.2) is 29.3 Å². The molecule has 100 valence electrons. The van der Waals surface area contributed by atoms with E-state index in [9.17, 15) is 0 Å². The number of aliphatic imine (C=N–C) groups is 1. The van der Waals surface area contributed by atoms with E-state index in [1.165, 1.54) is 5.56 Å². The Bertz CT molecular complexity index is 378. The van der Waals surface area contributed by atoms with Gasteiger partial charge >= 0.3 is 0 Å². The molecule has 0 radical (unpaired) electrons. The van der Waals surface area contributed by atoms with E-state index in [1.54, 1.807) is 0 Å². The third-order valence-electron chi connectivity index (χ3n) is 2.58. The van der Waals surface area contributed by atoms with Crippen molar-refractivity contribution in [2.75, 3.05) is 26.2 Å². The third-order valence-corrected chi connectivity index (χ3v) is 2.58. The molecule has 0 spiro atoms. The van der Waals surface area contributed by atoms with Crippen molar-refractivity contribution >= 4 is 29.9 Å². The summed E-state index contributed by atoms with van der Waals surface area (Å²) in [5.74, 6) is 1.81. The maximum absolute atomic E-state index is 5.61. The second kappa shape index (κ2) is 8.18. The fourth-order valence-electron chi connectivity index (χ4n) is 1.62. The molecule has 0 aliphatic carbocycles. The average molecular weight is 361 g/mol. The number of hydrogen-bond donors (Lipinski definition) is 2. The van der Waals surface area contributed by atoms with Gasteiger partial charge in [0, 0.05) is 13.1 Å². The Morgan fingerprint density at radius 3 is 2.78 bits per heavy atom. The Morgan fingerprint density at radius 2 is 2.11 bits per heavy atom. The first-order valence-electron chi connectivity index (χ1n) is 6.06. The largest absolute Gasteiger partial charge is 0.492 e. The van der Waals surface area contributed by atoms with Gasteiger partial charge in [-0.25, -0.2) is 0 Å². The van der Waals surface area contributed by atoms with Crippen LogP contribution in [0, 0.1) is 6.92 Å². The molecule has 1 aromatic carbocycles. The molecule has 1 aromatic rings. The first-order chi connectivity index (χ1) is 8.34. The highest BCUT2D eigenvalue weighted by Crippen LogP contribution is 2.10. The summed E-state index contributed by atoms with van der Waals surface area (Å²) in [6.45, 7) is 5.39. The van der Waals surface area contributed by atoms with Crippen LogP contribution in [-0.4, -0.2) is 32.2 Å². The normalized spacial score (nSPS) is 13.9. The number of aryl methyl sites for hydroxylation is 1. The number of hydrogen-bond acceptors (Lipinski definition) is 4. The molecule has 0 unspecified atom stereocenters. The lowest BCUT2D eigenvalue weighted by atomic mass is 10.2. The van der Waals surface area contributed by atoms with Crippen molar-refractivity contribution in [1.29, 1.82) is 0 Å². The Hall–Kier alpha value is -0.980. The highest BCUT2D eigenvalue weighted by molar-refractivity contribution is 14.0.